The van der Waals surface area contributed by atoms with Crippen LogP contribution in [0.3, 0.4) is 0 Å². The molecule has 6 nitrogen and oxygen atoms in total. The van der Waals surface area contributed by atoms with Gasteiger partial charge in [0, 0.05) is 6.07 Å². The number of carbonyl (C=O) groups is 1. The second-order valence-electron chi connectivity index (χ2n) is 5.83. The van der Waals surface area contributed by atoms with E-state index in [0.29, 0.717) is 11.4 Å². The number of rotatable bonds is 3. The Kier molecular flexibility index (Phi) is 5.51. The second-order valence-corrected chi connectivity index (χ2v) is 6.60. The predicted octanol–water partition coefficient (Wildman–Crippen LogP) is 4.87. The molecule has 0 aliphatic carbocycles. The summed E-state index contributed by atoms with van der Waals surface area (Å²) in [5.41, 5.74) is -0.201. The van der Waals surface area contributed by atoms with Crippen molar-refractivity contribution < 1.29 is 14.3 Å². The molecule has 1 aromatic heterocycles. The first-order valence-electron chi connectivity index (χ1n) is 7.07. The molecule has 1 aromatic carbocycles. The molecule has 8 heteroatoms. The Hall–Kier alpha value is -2.05. The fraction of sp³-hybridized carbons (Fsp3) is 0.312. The van der Waals surface area contributed by atoms with Gasteiger partial charge in [-0.15, -0.1) is 0 Å². The van der Waals surface area contributed by atoms with Gasteiger partial charge in [0.2, 0.25) is 5.95 Å². The minimum Gasteiger partial charge on any atom is -0.497 e. The third-order valence-electron chi connectivity index (χ3n) is 2.76. The lowest BCUT2D eigenvalue weighted by atomic mass is 10.2. The third-order valence-corrected chi connectivity index (χ3v) is 3.15. The lowest BCUT2D eigenvalue weighted by Crippen LogP contribution is -2.34. The Balaban J connectivity index is 2.49. The zero-order valence-corrected chi connectivity index (χ0v) is 15.2. The van der Waals surface area contributed by atoms with E-state index in [2.05, 4.69) is 9.97 Å². The third kappa shape index (κ3) is 4.72. The molecule has 2 aromatic rings. The molecule has 0 N–H and O–H groups in total. The fourth-order valence-corrected chi connectivity index (χ4v) is 2.23. The number of hydrogen-bond acceptors (Lipinski definition) is 5. The SMILES string of the molecule is COc1ccc(N(C(=O)OC(C)(C)C)c2nc(Cl)cc(Cl)n2)cc1. The van der Waals surface area contributed by atoms with E-state index < -0.39 is 11.7 Å². The quantitative estimate of drug-likeness (QED) is 0.722. The van der Waals surface area contributed by atoms with E-state index in [1.165, 1.54) is 11.0 Å². The number of carbonyl (C=O) groups excluding carboxylic acids is 1. The van der Waals surface area contributed by atoms with E-state index in [1.807, 2.05) is 0 Å². The molecule has 0 fully saturated rings. The number of ether oxygens (including phenoxy) is 2. The van der Waals surface area contributed by atoms with Crippen molar-refractivity contribution in [1.29, 1.82) is 0 Å². The summed E-state index contributed by atoms with van der Waals surface area (Å²) in [6.07, 6.45) is -0.647. The summed E-state index contributed by atoms with van der Waals surface area (Å²) < 4.78 is 10.6. The van der Waals surface area contributed by atoms with Gasteiger partial charge in [-0.05, 0) is 45.0 Å². The summed E-state index contributed by atoms with van der Waals surface area (Å²) in [7, 11) is 1.56. The highest BCUT2D eigenvalue weighted by Gasteiger charge is 2.27. The van der Waals surface area contributed by atoms with Gasteiger partial charge < -0.3 is 9.47 Å². The largest absolute Gasteiger partial charge is 0.497 e. The molecule has 0 atom stereocenters. The molecular formula is C16H17Cl2N3O3. The van der Waals surface area contributed by atoms with E-state index >= 15 is 0 Å². The van der Waals surface area contributed by atoms with E-state index in [0.717, 1.165) is 0 Å². The average molecular weight is 370 g/mol. The van der Waals surface area contributed by atoms with Crippen LogP contribution in [0.25, 0.3) is 0 Å². The highest BCUT2D eigenvalue weighted by molar-refractivity contribution is 6.33. The number of nitrogens with zero attached hydrogens (tertiary/aromatic N) is 3. The van der Waals surface area contributed by atoms with Crippen LogP contribution >= 0.6 is 23.2 Å². The Morgan fingerprint density at radius 1 is 1.08 bits per heavy atom. The molecule has 1 heterocycles. The van der Waals surface area contributed by atoms with Gasteiger partial charge in [0.25, 0.3) is 0 Å². The van der Waals surface area contributed by atoms with Gasteiger partial charge >= 0.3 is 6.09 Å². The molecule has 128 valence electrons. The molecule has 0 aliphatic rings. The molecule has 0 radical (unpaired) electrons. The number of amides is 1. The van der Waals surface area contributed by atoms with Crippen molar-refractivity contribution in [1.82, 2.24) is 9.97 Å². The topological polar surface area (TPSA) is 64.5 Å². The zero-order valence-electron chi connectivity index (χ0n) is 13.7. The lowest BCUT2D eigenvalue weighted by molar-refractivity contribution is 0.0597. The number of hydrogen-bond donors (Lipinski definition) is 0. The van der Waals surface area contributed by atoms with Gasteiger partial charge in [-0.25, -0.2) is 19.7 Å². The molecule has 0 spiro atoms. The van der Waals surface area contributed by atoms with Crippen LogP contribution < -0.4 is 9.64 Å². The Labute approximate surface area is 150 Å². The van der Waals surface area contributed by atoms with Gasteiger partial charge in [-0.2, -0.15) is 0 Å². The minimum atomic E-state index is -0.690. The molecule has 0 unspecified atom stereocenters. The Morgan fingerprint density at radius 2 is 1.62 bits per heavy atom. The van der Waals surface area contributed by atoms with Crippen LogP contribution in [-0.4, -0.2) is 28.8 Å². The summed E-state index contributed by atoms with van der Waals surface area (Å²) in [6.45, 7) is 5.30. The molecule has 0 bridgehead atoms. The van der Waals surface area contributed by atoms with Gasteiger partial charge in [0.1, 0.15) is 21.7 Å². The predicted molar refractivity (Wildman–Crippen MR) is 93.4 cm³/mol. The monoisotopic (exact) mass is 369 g/mol. The molecule has 0 aliphatic heterocycles. The van der Waals surface area contributed by atoms with Crippen molar-refractivity contribution in [3.8, 4) is 5.75 Å². The highest BCUT2D eigenvalue weighted by Crippen LogP contribution is 2.28. The van der Waals surface area contributed by atoms with Crippen LogP contribution in [-0.2, 0) is 4.74 Å². The normalized spacial score (nSPS) is 11.1. The van der Waals surface area contributed by atoms with Crippen LogP contribution in [0.1, 0.15) is 20.8 Å². The maximum absolute atomic E-state index is 12.6. The number of anilines is 2. The standard InChI is InChI=1S/C16H17Cl2N3O3/c1-16(2,3)24-15(22)21(10-5-7-11(23-4)8-6-10)14-19-12(17)9-13(18)20-14/h5-9H,1-4H3. The van der Waals surface area contributed by atoms with E-state index in [9.17, 15) is 4.79 Å². The van der Waals surface area contributed by atoms with Crippen molar-refractivity contribution in [3.05, 3.63) is 40.6 Å². The van der Waals surface area contributed by atoms with Crippen molar-refractivity contribution in [2.75, 3.05) is 12.0 Å². The van der Waals surface area contributed by atoms with Gasteiger partial charge in [-0.1, -0.05) is 23.2 Å². The molecule has 2 rings (SSSR count). The van der Waals surface area contributed by atoms with Crippen molar-refractivity contribution >= 4 is 40.9 Å². The Morgan fingerprint density at radius 3 is 2.08 bits per heavy atom. The van der Waals surface area contributed by atoms with E-state index in [-0.39, 0.29) is 16.3 Å². The average Bonchev–Trinajstić information content (AvgIpc) is 2.45. The number of benzene rings is 1. The van der Waals surface area contributed by atoms with E-state index in [4.69, 9.17) is 32.7 Å². The van der Waals surface area contributed by atoms with Gasteiger partial charge in [0.05, 0.1) is 12.8 Å². The molecule has 1 amide bonds. The summed E-state index contributed by atoms with van der Waals surface area (Å²) >= 11 is 11.9. The summed E-state index contributed by atoms with van der Waals surface area (Å²) in [5, 5.41) is 0.235. The van der Waals surface area contributed by atoms with Crippen LogP contribution in [0, 0.1) is 0 Å². The van der Waals surface area contributed by atoms with Crippen LogP contribution in [0.4, 0.5) is 16.4 Å². The van der Waals surface area contributed by atoms with Crippen LogP contribution in [0.15, 0.2) is 30.3 Å². The van der Waals surface area contributed by atoms with Gasteiger partial charge in [-0.3, -0.25) is 0 Å². The molecule has 0 saturated carbocycles. The van der Waals surface area contributed by atoms with Crippen molar-refractivity contribution in [2.24, 2.45) is 0 Å². The van der Waals surface area contributed by atoms with Gasteiger partial charge in [0.15, 0.2) is 0 Å². The fourth-order valence-electron chi connectivity index (χ4n) is 1.82. The maximum Gasteiger partial charge on any atom is 0.421 e. The first-order valence-corrected chi connectivity index (χ1v) is 7.82. The first-order chi connectivity index (χ1) is 11.2. The van der Waals surface area contributed by atoms with Crippen molar-refractivity contribution in [2.45, 2.75) is 26.4 Å². The molecule has 0 saturated heterocycles. The lowest BCUT2D eigenvalue weighted by Gasteiger charge is -2.26. The molecular weight excluding hydrogens is 353 g/mol. The number of aromatic nitrogens is 2. The maximum atomic E-state index is 12.6. The van der Waals surface area contributed by atoms with Crippen LogP contribution in [0.5, 0.6) is 5.75 Å². The Bertz CT molecular complexity index is 710. The highest BCUT2D eigenvalue weighted by atomic mass is 35.5. The number of halogens is 2. The second kappa shape index (κ2) is 7.23. The van der Waals surface area contributed by atoms with Crippen LogP contribution in [0.2, 0.25) is 10.3 Å². The summed E-state index contributed by atoms with van der Waals surface area (Å²) in [5.74, 6) is 0.667. The zero-order chi connectivity index (χ0) is 17.9. The number of methoxy groups -OCH3 is 1. The smallest absolute Gasteiger partial charge is 0.421 e. The summed E-state index contributed by atoms with van der Waals surface area (Å²) in [6, 6.07) is 8.16. The first kappa shape index (κ1) is 18.3. The van der Waals surface area contributed by atoms with Crippen molar-refractivity contribution in [3.63, 3.8) is 0 Å². The minimum absolute atomic E-state index is 0.0203. The summed E-state index contributed by atoms with van der Waals surface area (Å²) in [4.78, 5) is 22.0. The molecule has 24 heavy (non-hydrogen) atoms. The van der Waals surface area contributed by atoms with E-state index in [1.54, 1.807) is 52.1 Å².